The van der Waals surface area contributed by atoms with E-state index in [1.807, 2.05) is 0 Å². The summed E-state index contributed by atoms with van der Waals surface area (Å²) in [5, 5.41) is 1.74. The maximum Gasteiger partial charge on any atom is 0.162 e. The van der Waals surface area contributed by atoms with Crippen molar-refractivity contribution in [2.45, 2.75) is 32.1 Å². The summed E-state index contributed by atoms with van der Waals surface area (Å²) in [6.07, 6.45) is 5.40. The van der Waals surface area contributed by atoms with Gasteiger partial charge in [0.2, 0.25) is 0 Å². The molecule has 0 spiro atoms. The summed E-state index contributed by atoms with van der Waals surface area (Å²) >= 11 is 18.6. The van der Waals surface area contributed by atoms with Crippen LogP contribution in [-0.4, -0.2) is 9.97 Å². The number of hydrogen-bond acceptors (Lipinski definition) is 2. The van der Waals surface area contributed by atoms with Crippen LogP contribution in [0.1, 0.15) is 30.5 Å². The van der Waals surface area contributed by atoms with E-state index >= 15 is 0 Å². The van der Waals surface area contributed by atoms with Crippen molar-refractivity contribution in [1.29, 1.82) is 0 Å². The molecule has 20 heavy (non-hydrogen) atoms. The van der Waals surface area contributed by atoms with E-state index in [-0.39, 0.29) is 0 Å². The topological polar surface area (TPSA) is 25.8 Å². The molecule has 1 aromatic heterocycles. The van der Waals surface area contributed by atoms with Crippen LogP contribution in [0.4, 0.5) is 0 Å². The Labute approximate surface area is 133 Å². The minimum Gasteiger partial charge on any atom is -0.233 e. The van der Waals surface area contributed by atoms with Crippen molar-refractivity contribution < 1.29 is 0 Å². The standard InChI is InChI=1S/C15H13Cl3N2/c16-9-6-7-12(17)11(8-9)15-19-13-5-3-1-2-4-10(13)14(18)20-15/h6-8H,1-5H2. The van der Waals surface area contributed by atoms with Crippen LogP contribution in [0.25, 0.3) is 11.4 Å². The van der Waals surface area contributed by atoms with Gasteiger partial charge in [0, 0.05) is 21.8 Å². The molecule has 0 saturated heterocycles. The molecule has 0 N–H and O–H groups in total. The van der Waals surface area contributed by atoms with E-state index in [1.54, 1.807) is 18.2 Å². The Morgan fingerprint density at radius 1 is 0.900 bits per heavy atom. The number of fused-ring (bicyclic) bond motifs is 1. The summed E-state index contributed by atoms with van der Waals surface area (Å²) in [6.45, 7) is 0. The normalized spacial score (nSPS) is 14.8. The average molecular weight is 328 g/mol. The van der Waals surface area contributed by atoms with Gasteiger partial charge in [0.15, 0.2) is 5.82 Å². The van der Waals surface area contributed by atoms with Crippen molar-refractivity contribution in [1.82, 2.24) is 9.97 Å². The molecule has 2 aromatic rings. The molecule has 3 rings (SSSR count). The van der Waals surface area contributed by atoms with Gasteiger partial charge in [-0.05, 0) is 43.9 Å². The van der Waals surface area contributed by atoms with Crippen LogP contribution >= 0.6 is 34.8 Å². The molecule has 0 saturated carbocycles. The van der Waals surface area contributed by atoms with Gasteiger partial charge in [-0.15, -0.1) is 0 Å². The Bertz CT molecular complexity index is 656. The second kappa shape index (κ2) is 5.88. The van der Waals surface area contributed by atoms with E-state index in [0.29, 0.717) is 21.0 Å². The lowest BCUT2D eigenvalue weighted by Crippen LogP contribution is -2.02. The number of hydrogen-bond donors (Lipinski definition) is 0. The largest absolute Gasteiger partial charge is 0.233 e. The summed E-state index contributed by atoms with van der Waals surface area (Å²) < 4.78 is 0. The smallest absolute Gasteiger partial charge is 0.162 e. The number of halogens is 3. The highest BCUT2D eigenvalue weighted by atomic mass is 35.5. The van der Waals surface area contributed by atoms with Crippen molar-refractivity contribution in [2.24, 2.45) is 0 Å². The van der Waals surface area contributed by atoms with Crippen molar-refractivity contribution in [3.05, 3.63) is 44.7 Å². The third-order valence-electron chi connectivity index (χ3n) is 3.55. The fourth-order valence-electron chi connectivity index (χ4n) is 2.51. The van der Waals surface area contributed by atoms with Gasteiger partial charge in [0.1, 0.15) is 5.15 Å². The van der Waals surface area contributed by atoms with Crippen LogP contribution in [0.15, 0.2) is 18.2 Å². The van der Waals surface area contributed by atoms with Gasteiger partial charge >= 0.3 is 0 Å². The number of aromatic nitrogens is 2. The zero-order valence-electron chi connectivity index (χ0n) is 10.8. The number of rotatable bonds is 1. The minimum absolute atomic E-state index is 0.544. The summed E-state index contributed by atoms with van der Waals surface area (Å²) in [7, 11) is 0. The third-order valence-corrected chi connectivity index (χ3v) is 4.43. The summed E-state index contributed by atoms with van der Waals surface area (Å²) in [5.41, 5.74) is 2.87. The predicted molar refractivity (Wildman–Crippen MR) is 83.8 cm³/mol. The molecule has 0 fully saturated rings. The molecular weight excluding hydrogens is 315 g/mol. The maximum atomic E-state index is 6.33. The van der Waals surface area contributed by atoms with Crippen LogP contribution < -0.4 is 0 Å². The van der Waals surface area contributed by atoms with Crippen molar-refractivity contribution >= 4 is 34.8 Å². The van der Waals surface area contributed by atoms with Crippen LogP contribution in [0.2, 0.25) is 15.2 Å². The van der Waals surface area contributed by atoms with E-state index in [2.05, 4.69) is 9.97 Å². The van der Waals surface area contributed by atoms with Crippen molar-refractivity contribution in [2.75, 3.05) is 0 Å². The van der Waals surface area contributed by atoms with Gasteiger partial charge in [-0.3, -0.25) is 0 Å². The Kier molecular flexibility index (Phi) is 4.16. The molecule has 0 bridgehead atoms. The zero-order chi connectivity index (χ0) is 14.1. The van der Waals surface area contributed by atoms with Crippen LogP contribution in [0.5, 0.6) is 0 Å². The Balaban J connectivity index is 2.13. The van der Waals surface area contributed by atoms with Gasteiger partial charge in [-0.1, -0.05) is 41.2 Å². The number of aryl methyl sites for hydroxylation is 1. The summed E-state index contributed by atoms with van der Waals surface area (Å²) in [4.78, 5) is 9.08. The highest BCUT2D eigenvalue weighted by molar-refractivity contribution is 6.35. The third kappa shape index (κ3) is 2.78. The second-order valence-electron chi connectivity index (χ2n) is 4.95. The zero-order valence-corrected chi connectivity index (χ0v) is 13.1. The van der Waals surface area contributed by atoms with Crippen LogP contribution in [0, 0.1) is 0 Å². The molecule has 1 aliphatic carbocycles. The number of nitrogens with zero attached hydrogens (tertiary/aromatic N) is 2. The molecule has 104 valence electrons. The average Bonchev–Trinajstić information content (AvgIpc) is 2.67. The van der Waals surface area contributed by atoms with Crippen molar-refractivity contribution in [3.63, 3.8) is 0 Å². The molecule has 5 heteroatoms. The minimum atomic E-state index is 0.544. The van der Waals surface area contributed by atoms with Gasteiger partial charge in [0.05, 0.1) is 5.02 Å². The second-order valence-corrected chi connectivity index (χ2v) is 6.15. The SMILES string of the molecule is Clc1ccc(Cl)c(-c2nc(Cl)c3c(n2)CCCCC3)c1. The molecule has 0 amide bonds. The van der Waals surface area contributed by atoms with E-state index in [1.165, 1.54) is 6.42 Å². The van der Waals surface area contributed by atoms with Crippen LogP contribution in [-0.2, 0) is 12.8 Å². The lowest BCUT2D eigenvalue weighted by Gasteiger charge is -2.10. The van der Waals surface area contributed by atoms with E-state index in [0.717, 1.165) is 42.5 Å². The molecule has 0 unspecified atom stereocenters. The van der Waals surface area contributed by atoms with Gasteiger partial charge in [-0.2, -0.15) is 0 Å². The first kappa shape index (κ1) is 14.1. The Morgan fingerprint density at radius 2 is 1.70 bits per heavy atom. The first-order valence-electron chi connectivity index (χ1n) is 6.66. The molecule has 0 atom stereocenters. The summed E-state index contributed by atoms with van der Waals surface area (Å²) in [5.74, 6) is 0.558. The van der Waals surface area contributed by atoms with E-state index in [9.17, 15) is 0 Å². The molecule has 0 radical (unpaired) electrons. The first-order chi connectivity index (χ1) is 9.65. The highest BCUT2D eigenvalue weighted by Crippen LogP contribution is 2.32. The molecule has 1 heterocycles. The molecule has 1 aromatic carbocycles. The fraction of sp³-hybridized carbons (Fsp3) is 0.333. The van der Waals surface area contributed by atoms with E-state index < -0.39 is 0 Å². The van der Waals surface area contributed by atoms with Gasteiger partial charge in [-0.25, -0.2) is 9.97 Å². The lowest BCUT2D eigenvalue weighted by molar-refractivity contribution is 0.709. The monoisotopic (exact) mass is 326 g/mol. The van der Waals surface area contributed by atoms with Gasteiger partial charge in [0.25, 0.3) is 0 Å². The summed E-state index contributed by atoms with van der Waals surface area (Å²) in [6, 6.07) is 5.28. The molecule has 0 aliphatic heterocycles. The Morgan fingerprint density at radius 3 is 2.55 bits per heavy atom. The number of benzene rings is 1. The molecule has 2 nitrogen and oxygen atoms in total. The molecule has 1 aliphatic rings. The quantitative estimate of drug-likeness (QED) is 0.519. The predicted octanol–water partition coefficient (Wildman–Crippen LogP) is 5.37. The maximum absolute atomic E-state index is 6.33. The van der Waals surface area contributed by atoms with Crippen molar-refractivity contribution in [3.8, 4) is 11.4 Å². The Hall–Kier alpha value is -0.830. The lowest BCUT2D eigenvalue weighted by atomic mass is 10.1. The fourth-order valence-corrected chi connectivity index (χ4v) is 3.17. The van der Waals surface area contributed by atoms with E-state index in [4.69, 9.17) is 34.8 Å². The first-order valence-corrected chi connectivity index (χ1v) is 7.79. The van der Waals surface area contributed by atoms with Crippen LogP contribution in [0.3, 0.4) is 0 Å². The highest BCUT2D eigenvalue weighted by Gasteiger charge is 2.17. The van der Waals surface area contributed by atoms with Gasteiger partial charge < -0.3 is 0 Å². The molecular formula is C15H13Cl3N2.